The van der Waals surface area contributed by atoms with Gasteiger partial charge in [-0.05, 0) is 42.5 Å². The fraction of sp³-hybridized carbons (Fsp3) is 0.0556. The van der Waals surface area contributed by atoms with Crippen LogP contribution < -0.4 is 9.47 Å². The lowest BCUT2D eigenvalue weighted by Crippen LogP contribution is -2.13. The molecule has 0 unspecified atom stereocenters. The van der Waals surface area contributed by atoms with Crippen molar-refractivity contribution in [1.82, 2.24) is 0 Å². The molecule has 2 aromatic carbocycles. The number of benzene rings is 2. The summed E-state index contributed by atoms with van der Waals surface area (Å²) in [7, 11) is 0. The van der Waals surface area contributed by atoms with Crippen LogP contribution in [0.2, 0.25) is 0 Å². The summed E-state index contributed by atoms with van der Waals surface area (Å²) in [5.41, 5.74) is 0.677. The van der Waals surface area contributed by atoms with Crippen molar-refractivity contribution < 1.29 is 23.9 Å². The van der Waals surface area contributed by atoms with E-state index in [0.717, 1.165) is 4.47 Å². The van der Waals surface area contributed by atoms with Crippen molar-refractivity contribution in [2.24, 2.45) is 0 Å². The van der Waals surface area contributed by atoms with Gasteiger partial charge in [-0.2, -0.15) is 0 Å². The molecule has 0 heterocycles. The van der Waals surface area contributed by atoms with Gasteiger partial charge in [0.1, 0.15) is 23.3 Å². The Bertz CT molecular complexity index is 811. The maximum Gasteiger partial charge on any atom is 0.347 e. The number of aldehydes is 1. The second-order valence-electron chi connectivity index (χ2n) is 4.66. The van der Waals surface area contributed by atoms with Crippen molar-refractivity contribution in [2.75, 3.05) is 0 Å². The van der Waals surface area contributed by atoms with Gasteiger partial charge in [-0.25, -0.2) is 4.79 Å². The molecule has 0 aliphatic rings. The summed E-state index contributed by atoms with van der Waals surface area (Å²) >= 11 is 3.32. The Morgan fingerprint density at radius 1 is 1.04 bits per heavy atom. The van der Waals surface area contributed by atoms with Crippen LogP contribution in [0.1, 0.15) is 22.8 Å². The molecule has 0 saturated heterocycles. The van der Waals surface area contributed by atoms with Crippen molar-refractivity contribution >= 4 is 40.2 Å². The quantitative estimate of drug-likeness (QED) is 0.337. The van der Waals surface area contributed by atoms with E-state index in [1.54, 1.807) is 30.3 Å². The molecule has 0 saturated carbocycles. The number of rotatable bonds is 5. The van der Waals surface area contributed by atoms with Crippen LogP contribution in [0.15, 0.2) is 53.0 Å². The smallest absolute Gasteiger partial charge is 0.347 e. The van der Waals surface area contributed by atoms with Crippen LogP contribution in [-0.4, -0.2) is 18.2 Å². The highest BCUT2D eigenvalue weighted by atomic mass is 79.9. The van der Waals surface area contributed by atoms with Gasteiger partial charge in [0.25, 0.3) is 0 Å². The second-order valence-corrected chi connectivity index (χ2v) is 5.57. The molecule has 0 amide bonds. The van der Waals surface area contributed by atoms with E-state index in [0.29, 0.717) is 11.8 Å². The van der Waals surface area contributed by atoms with Gasteiger partial charge in [-0.3, -0.25) is 9.59 Å². The third-order valence-corrected chi connectivity index (χ3v) is 3.38. The zero-order valence-electron chi connectivity index (χ0n) is 12.7. The maximum atomic E-state index is 12.4. The minimum absolute atomic E-state index is 0.122. The van der Waals surface area contributed by atoms with E-state index in [1.165, 1.54) is 31.2 Å². The first-order valence-electron chi connectivity index (χ1n) is 6.92. The normalized spacial score (nSPS) is 10.4. The van der Waals surface area contributed by atoms with Gasteiger partial charge in [0.05, 0.1) is 0 Å². The number of ether oxygens (including phenoxy) is 2. The number of carbonyl (C=O) groups excluding carboxylic acids is 3. The van der Waals surface area contributed by atoms with Crippen molar-refractivity contribution in [3.05, 3.63) is 64.1 Å². The third kappa shape index (κ3) is 4.63. The predicted molar refractivity (Wildman–Crippen MR) is 91.9 cm³/mol. The van der Waals surface area contributed by atoms with Crippen LogP contribution in [0.4, 0.5) is 0 Å². The van der Waals surface area contributed by atoms with Crippen molar-refractivity contribution in [3.8, 4) is 11.5 Å². The van der Waals surface area contributed by atoms with Crippen LogP contribution >= 0.6 is 15.9 Å². The van der Waals surface area contributed by atoms with Gasteiger partial charge in [-0.15, -0.1) is 0 Å². The van der Waals surface area contributed by atoms with Gasteiger partial charge >= 0.3 is 11.9 Å². The first-order chi connectivity index (χ1) is 11.5. The maximum absolute atomic E-state index is 12.4. The van der Waals surface area contributed by atoms with Gasteiger partial charge in [0.2, 0.25) is 0 Å². The first kappa shape index (κ1) is 17.6. The molecular weight excluding hydrogens is 376 g/mol. The van der Waals surface area contributed by atoms with Crippen LogP contribution in [0.5, 0.6) is 11.5 Å². The predicted octanol–water partition coefficient (Wildman–Crippen LogP) is 3.81. The summed E-state index contributed by atoms with van der Waals surface area (Å²) in [5, 5.41) is 0. The molecule has 0 aromatic heterocycles. The topological polar surface area (TPSA) is 69.7 Å². The van der Waals surface area contributed by atoms with E-state index >= 15 is 0 Å². The molecule has 24 heavy (non-hydrogen) atoms. The fourth-order valence-corrected chi connectivity index (χ4v) is 2.30. The largest absolute Gasteiger partial charge is 0.426 e. The fourth-order valence-electron chi connectivity index (χ4n) is 1.92. The summed E-state index contributed by atoms with van der Waals surface area (Å²) in [6.07, 6.45) is 3.45. The number of carbonyl (C=O) groups is 3. The molecule has 2 rings (SSSR count). The lowest BCUT2D eigenvalue weighted by atomic mass is 10.1. The van der Waals surface area contributed by atoms with Crippen LogP contribution in [0.25, 0.3) is 6.08 Å². The highest BCUT2D eigenvalue weighted by Crippen LogP contribution is 2.27. The Morgan fingerprint density at radius 2 is 1.79 bits per heavy atom. The lowest BCUT2D eigenvalue weighted by Gasteiger charge is -2.10. The van der Waals surface area contributed by atoms with Crippen LogP contribution in [0.3, 0.4) is 0 Å². The highest BCUT2D eigenvalue weighted by molar-refractivity contribution is 9.10. The van der Waals surface area contributed by atoms with Gasteiger partial charge in [-0.1, -0.05) is 28.1 Å². The Kier molecular flexibility index (Phi) is 6.03. The molecule has 0 fully saturated rings. The van der Waals surface area contributed by atoms with E-state index in [-0.39, 0.29) is 17.1 Å². The van der Waals surface area contributed by atoms with Gasteiger partial charge in [0, 0.05) is 17.0 Å². The average Bonchev–Trinajstić information content (AvgIpc) is 2.55. The molecular formula is C18H13BrO5. The standard InChI is InChI=1S/C18H13BrO5/c1-12(21)23-17-7-3-2-6-15(17)18(22)24-16-9-8-14(19)11-13(16)5-4-10-20/h2-11H,1H3/b5-4+. The Morgan fingerprint density at radius 3 is 2.50 bits per heavy atom. The molecule has 122 valence electrons. The van der Waals surface area contributed by atoms with Crippen molar-refractivity contribution in [2.45, 2.75) is 6.92 Å². The summed E-state index contributed by atoms with van der Waals surface area (Å²) in [4.78, 5) is 34.1. The number of hydrogen-bond acceptors (Lipinski definition) is 5. The molecule has 0 aliphatic heterocycles. The van der Waals surface area contributed by atoms with E-state index in [1.807, 2.05) is 0 Å². The van der Waals surface area contributed by atoms with Gasteiger partial charge in [0.15, 0.2) is 0 Å². The number of para-hydroxylation sites is 1. The average molecular weight is 389 g/mol. The van der Waals surface area contributed by atoms with Crippen molar-refractivity contribution in [1.29, 1.82) is 0 Å². The van der Waals surface area contributed by atoms with E-state index in [2.05, 4.69) is 15.9 Å². The molecule has 0 atom stereocenters. The molecule has 0 aliphatic carbocycles. The number of hydrogen-bond donors (Lipinski definition) is 0. The molecule has 0 bridgehead atoms. The number of halogens is 1. The van der Waals surface area contributed by atoms with Crippen LogP contribution in [-0.2, 0) is 9.59 Å². The summed E-state index contributed by atoms with van der Waals surface area (Å²) in [6, 6.07) is 11.3. The lowest BCUT2D eigenvalue weighted by molar-refractivity contribution is -0.131. The zero-order chi connectivity index (χ0) is 17.5. The SMILES string of the molecule is CC(=O)Oc1ccccc1C(=O)Oc1ccc(Br)cc1/C=C/C=O. The van der Waals surface area contributed by atoms with Crippen molar-refractivity contribution in [3.63, 3.8) is 0 Å². The monoisotopic (exact) mass is 388 g/mol. The Balaban J connectivity index is 2.32. The molecule has 6 heteroatoms. The van der Waals surface area contributed by atoms with E-state index in [9.17, 15) is 14.4 Å². The minimum atomic E-state index is -0.671. The molecule has 5 nitrogen and oxygen atoms in total. The second kappa shape index (κ2) is 8.21. The molecule has 0 radical (unpaired) electrons. The zero-order valence-corrected chi connectivity index (χ0v) is 14.3. The Hall–Kier alpha value is -2.73. The minimum Gasteiger partial charge on any atom is -0.426 e. The Labute approximate surface area is 147 Å². The molecule has 0 spiro atoms. The summed E-state index contributed by atoms with van der Waals surface area (Å²) < 4.78 is 11.2. The number of allylic oxidation sites excluding steroid dienone is 1. The molecule has 2 aromatic rings. The first-order valence-corrected chi connectivity index (χ1v) is 7.71. The van der Waals surface area contributed by atoms with Crippen LogP contribution in [0, 0.1) is 0 Å². The molecule has 0 N–H and O–H groups in total. The van der Waals surface area contributed by atoms with Gasteiger partial charge < -0.3 is 9.47 Å². The summed E-state index contributed by atoms with van der Waals surface area (Å²) in [5.74, 6) is -0.806. The van der Waals surface area contributed by atoms with E-state index < -0.39 is 11.9 Å². The summed E-state index contributed by atoms with van der Waals surface area (Å²) in [6.45, 7) is 1.25. The number of esters is 2. The highest BCUT2D eigenvalue weighted by Gasteiger charge is 2.17. The third-order valence-electron chi connectivity index (χ3n) is 2.89. The van der Waals surface area contributed by atoms with E-state index in [4.69, 9.17) is 9.47 Å².